The Hall–Kier alpha value is -2.53. The Morgan fingerprint density at radius 1 is 1.08 bits per heavy atom. The molecular formula is C19H19N3OS. The van der Waals surface area contributed by atoms with Crippen molar-refractivity contribution >= 4 is 23.5 Å². The maximum absolute atomic E-state index is 12.9. The van der Waals surface area contributed by atoms with Gasteiger partial charge in [0, 0.05) is 18.0 Å². The summed E-state index contributed by atoms with van der Waals surface area (Å²) in [5.41, 5.74) is 1.85. The Bertz CT molecular complexity index is 815. The fourth-order valence-corrected chi connectivity index (χ4v) is 3.50. The minimum absolute atomic E-state index is 0.0574. The fraction of sp³-hybridized carbons (Fsp3) is 0.158. The zero-order valence-corrected chi connectivity index (χ0v) is 14.5. The van der Waals surface area contributed by atoms with Crippen LogP contribution in [0.2, 0.25) is 0 Å². The predicted octanol–water partition coefficient (Wildman–Crippen LogP) is 4.20. The zero-order valence-electron chi connectivity index (χ0n) is 13.6. The van der Waals surface area contributed by atoms with Crippen LogP contribution >= 0.6 is 11.8 Å². The molecule has 0 fully saturated rings. The van der Waals surface area contributed by atoms with Crippen LogP contribution in [-0.2, 0) is 11.8 Å². The number of benzene rings is 2. The van der Waals surface area contributed by atoms with Crippen molar-refractivity contribution in [1.29, 1.82) is 0 Å². The maximum Gasteiger partial charge on any atom is 0.243 e. The third-order valence-electron chi connectivity index (χ3n) is 3.59. The third-order valence-corrected chi connectivity index (χ3v) is 4.86. The molecule has 1 amide bonds. The summed E-state index contributed by atoms with van der Waals surface area (Å²) >= 11 is 1.54. The number of thioether (sulfide) groups is 1. The van der Waals surface area contributed by atoms with E-state index in [4.69, 9.17) is 0 Å². The van der Waals surface area contributed by atoms with Crippen LogP contribution in [0.4, 0.5) is 5.82 Å². The van der Waals surface area contributed by atoms with E-state index >= 15 is 0 Å². The van der Waals surface area contributed by atoms with Gasteiger partial charge in [-0.15, -0.1) is 11.8 Å². The molecule has 3 aromatic rings. The molecule has 0 radical (unpaired) electrons. The highest BCUT2D eigenvalue weighted by atomic mass is 32.2. The Morgan fingerprint density at radius 3 is 2.29 bits per heavy atom. The highest BCUT2D eigenvalue weighted by Crippen LogP contribution is 2.36. The predicted molar refractivity (Wildman–Crippen MR) is 98.1 cm³/mol. The quantitative estimate of drug-likeness (QED) is 0.710. The fourth-order valence-electron chi connectivity index (χ4n) is 2.46. The molecule has 0 spiro atoms. The van der Waals surface area contributed by atoms with E-state index < -0.39 is 0 Å². The number of aryl methyl sites for hydroxylation is 2. The molecule has 1 aromatic heterocycles. The van der Waals surface area contributed by atoms with Crippen molar-refractivity contribution in [1.82, 2.24) is 9.78 Å². The Balaban J connectivity index is 1.86. The summed E-state index contributed by atoms with van der Waals surface area (Å²) < 4.78 is 1.68. The first kappa shape index (κ1) is 16.3. The lowest BCUT2D eigenvalue weighted by molar-refractivity contribution is -0.115. The third kappa shape index (κ3) is 3.86. The monoisotopic (exact) mass is 337 g/mol. The van der Waals surface area contributed by atoms with Crippen molar-refractivity contribution in [3.05, 3.63) is 78.0 Å². The van der Waals surface area contributed by atoms with Crippen LogP contribution in [0.25, 0.3) is 0 Å². The summed E-state index contributed by atoms with van der Waals surface area (Å²) in [4.78, 5) is 14.0. The van der Waals surface area contributed by atoms with E-state index in [-0.39, 0.29) is 11.2 Å². The van der Waals surface area contributed by atoms with E-state index in [2.05, 4.69) is 10.4 Å². The number of carbonyl (C=O) groups excluding carboxylic acids is 1. The van der Waals surface area contributed by atoms with Crippen LogP contribution in [0.3, 0.4) is 0 Å². The van der Waals surface area contributed by atoms with Gasteiger partial charge < -0.3 is 5.32 Å². The molecule has 0 aliphatic heterocycles. The maximum atomic E-state index is 12.9. The first-order valence-corrected chi connectivity index (χ1v) is 8.59. The number of anilines is 1. The van der Waals surface area contributed by atoms with Gasteiger partial charge in [0.2, 0.25) is 5.91 Å². The van der Waals surface area contributed by atoms with E-state index in [0.717, 1.165) is 16.2 Å². The van der Waals surface area contributed by atoms with Gasteiger partial charge in [-0.3, -0.25) is 9.48 Å². The van der Waals surface area contributed by atoms with Gasteiger partial charge in [-0.2, -0.15) is 5.10 Å². The van der Waals surface area contributed by atoms with Gasteiger partial charge in [0.15, 0.2) is 0 Å². The molecule has 24 heavy (non-hydrogen) atoms. The second kappa shape index (κ2) is 7.36. The van der Waals surface area contributed by atoms with Crippen LogP contribution in [0.15, 0.2) is 71.6 Å². The summed E-state index contributed by atoms with van der Waals surface area (Å²) in [6, 6.07) is 21.7. The molecule has 1 heterocycles. The lowest BCUT2D eigenvalue weighted by atomic mass is 10.1. The molecule has 0 aliphatic rings. The van der Waals surface area contributed by atoms with Gasteiger partial charge >= 0.3 is 0 Å². The van der Waals surface area contributed by atoms with Gasteiger partial charge in [-0.05, 0) is 24.6 Å². The number of carbonyl (C=O) groups is 1. The van der Waals surface area contributed by atoms with E-state index in [1.54, 1.807) is 16.4 Å². The largest absolute Gasteiger partial charge is 0.310 e. The standard InChI is InChI=1S/C19H19N3OS/c1-14-13-17(22(2)21-14)20-19(23)18(15-9-5-3-6-10-15)24-16-11-7-4-8-12-16/h3-13,18H,1-2H3,(H,20,23). The van der Waals surface area contributed by atoms with Gasteiger partial charge in [0.05, 0.1) is 5.69 Å². The second-order valence-corrected chi connectivity index (χ2v) is 6.68. The van der Waals surface area contributed by atoms with Crippen LogP contribution < -0.4 is 5.32 Å². The highest BCUT2D eigenvalue weighted by molar-refractivity contribution is 8.00. The van der Waals surface area contributed by atoms with E-state index in [1.165, 1.54) is 0 Å². The molecular weight excluding hydrogens is 318 g/mol. The summed E-state index contributed by atoms with van der Waals surface area (Å²) in [5.74, 6) is 0.644. The average molecular weight is 337 g/mol. The van der Waals surface area contributed by atoms with Crippen molar-refractivity contribution < 1.29 is 4.79 Å². The average Bonchev–Trinajstić information content (AvgIpc) is 2.91. The van der Waals surface area contributed by atoms with Crippen LogP contribution in [0, 0.1) is 6.92 Å². The van der Waals surface area contributed by atoms with Crippen molar-refractivity contribution in [2.75, 3.05) is 5.32 Å². The van der Waals surface area contributed by atoms with Crippen molar-refractivity contribution in [3.63, 3.8) is 0 Å². The van der Waals surface area contributed by atoms with Crippen molar-refractivity contribution in [3.8, 4) is 0 Å². The molecule has 5 heteroatoms. The summed E-state index contributed by atoms with van der Waals surface area (Å²) in [6.45, 7) is 1.91. The molecule has 0 saturated carbocycles. The van der Waals surface area contributed by atoms with Crippen molar-refractivity contribution in [2.24, 2.45) is 7.05 Å². The van der Waals surface area contributed by atoms with Gasteiger partial charge in [0.25, 0.3) is 0 Å². The molecule has 3 rings (SSSR count). The zero-order chi connectivity index (χ0) is 16.9. The Morgan fingerprint density at radius 2 is 1.71 bits per heavy atom. The topological polar surface area (TPSA) is 46.9 Å². The van der Waals surface area contributed by atoms with Crippen LogP contribution in [0.5, 0.6) is 0 Å². The number of rotatable bonds is 5. The van der Waals surface area contributed by atoms with Crippen LogP contribution in [-0.4, -0.2) is 15.7 Å². The lowest BCUT2D eigenvalue weighted by Gasteiger charge is -2.17. The molecule has 1 N–H and O–H groups in total. The first-order valence-electron chi connectivity index (χ1n) is 7.71. The van der Waals surface area contributed by atoms with Gasteiger partial charge in [-0.25, -0.2) is 0 Å². The van der Waals surface area contributed by atoms with E-state index in [0.29, 0.717) is 5.82 Å². The lowest BCUT2D eigenvalue weighted by Crippen LogP contribution is -2.20. The molecule has 0 aliphatic carbocycles. The second-order valence-electron chi connectivity index (χ2n) is 5.51. The number of aromatic nitrogens is 2. The number of hydrogen-bond donors (Lipinski definition) is 1. The van der Waals surface area contributed by atoms with Gasteiger partial charge in [0.1, 0.15) is 11.1 Å². The molecule has 4 nitrogen and oxygen atoms in total. The molecule has 0 saturated heterocycles. The number of hydrogen-bond acceptors (Lipinski definition) is 3. The molecule has 122 valence electrons. The molecule has 1 unspecified atom stereocenters. The summed E-state index contributed by atoms with van der Waals surface area (Å²) in [6.07, 6.45) is 0. The highest BCUT2D eigenvalue weighted by Gasteiger charge is 2.23. The van der Waals surface area contributed by atoms with E-state index in [9.17, 15) is 4.79 Å². The Kier molecular flexibility index (Phi) is 5.01. The SMILES string of the molecule is Cc1cc(NC(=O)C(Sc2ccccc2)c2ccccc2)n(C)n1. The molecule has 0 bridgehead atoms. The van der Waals surface area contributed by atoms with Crippen molar-refractivity contribution in [2.45, 2.75) is 17.1 Å². The Labute approximate surface area is 145 Å². The molecule has 2 aromatic carbocycles. The number of nitrogens with zero attached hydrogens (tertiary/aromatic N) is 2. The summed E-state index contributed by atoms with van der Waals surface area (Å²) in [7, 11) is 1.82. The van der Waals surface area contributed by atoms with Gasteiger partial charge in [-0.1, -0.05) is 48.5 Å². The summed E-state index contributed by atoms with van der Waals surface area (Å²) in [5, 5.41) is 6.94. The minimum Gasteiger partial charge on any atom is -0.310 e. The number of nitrogens with one attached hydrogen (secondary N) is 1. The molecule has 1 atom stereocenters. The van der Waals surface area contributed by atoms with E-state index in [1.807, 2.05) is 80.7 Å². The smallest absolute Gasteiger partial charge is 0.243 e. The minimum atomic E-state index is -0.330. The van der Waals surface area contributed by atoms with Crippen LogP contribution in [0.1, 0.15) is 16.5 Å². The number of amides is 1. The first-order chi connectivity index (χ1) is 11.6. The normalized spacial score (nSPS) is 11.9.